The number of hydrogen-bond donors (Lipinski definition) is 2. The van der Waals surface area contributed by atoms with Crippen LogP contribution in [0, 0.1) is 0 Å². The number of nitrogens with zero attached hydrogens (tertiary/aromatic N) is 2. The lowest BCUT2D eigenvalue weighted by Gasteiger charge is -2.14. The summed E-state index contributed by atoms with van der Waals surface area (Å²) in [4.78, 5) is 4.26. The Bertz CT molecular complexity index is 1010. The van der Waals surface area contributed by atoms with Crippen LogP contribution in [0.4, 0.5) is 5.88 Å². The van der Waals surface area contributed by atoms with Gasteiger partial charge in [0.1, 0.15) is 0 Å². The molecule has 7 nitrogen and oxygen atoms in total. The maximum Gasteiger partial charge on any atom is 0.256 e. The molecule has 0 saturated heterocycles. The molecule has 2 heterocycles. The van der Waals surface area contributed by atoms with Gasteiger partial charge in [0.05, 0.1) is 11.3 Å². The van der Waals surface area contributed by atoms with E-state index in [1.807, 2.05) is 24.3 Å². The van der Waals surface area contributed by atoms with Crippen molar-refractivity contribution in [2.45, 2.75) is 6.92 Å². The van der Waals surface area contributed by atoms with Gasteiger partial charge in [0.25, 0.3) is 5.88 Å². The van der Waals surface area contributed by atoms with Gasteiger partial charge in [-0.3, -0.25) is 4.98 Å². The normalized spacial score (nSPS) is 11.8. The number of fused-ring (bicyclic) bond motifs is 1. The van der Waals surface area contributed by atoms with Crippen LogP contribution in [0.3, 0.4) is 0 Å². The monoisotopic (exact) mass is 348 g/mol. The van der Waals surface area contributed by atoms with Crippen LogP contribution >= 0.6 is 0 Å². The van der Waals surface area contributed by atoms with Crippen LogP contribution in [-0.4, -0.2) is 36.4 Å². The highest BCUT2D eigenvalue weighted by Crippen LogP contribution is 2.47. The lowest BCUT2D eigenvalue weighted by atomic mass is 10.1. The van der Waals surface area contributed by atoms with E-state index in [0.717, 1.165) is 15.2 Å². The molecule has 24 heavy (non-hydrogen) atoms. The zero-order valence-electron chi connectivity index (χ0n) is 13.1. The van der Waals surface area contributed by atoms with Crippen molar-refractivity contribution < 1.29 is 23.0 Å². The lowest BCUT2D eigenvalue weighted by molar-refractivity contribution is 0.409. The number of furan rings is 1. The van der Waals surface area contributed by atoms with Crippen LogP contribution in [0.25, 0.3) is 22.2 Å². The second-order valence-electron chi connectivity index (χ2n) is 5.22. The minimum absolute atomic E-state index is 0.0427. The minimum atomic E-state index is -3.64. The smallest absolute Gasteiger partial charge is 0.256 e. The van der Waals surface area contributed by atoms with E-state index in [9.17, 15) is 18.6 Å². The molecule has 0 aliphatic rings. The first-order chi connectivity index (χ1) is 11.3. The summed E-state index contributed by atoms with van der Waals surface area (Å²) in [5.41, 5.74) is 1.19. The standard InChI is InChI=1S/C16H16N2O5S/c1-3-24(21,22)18(2)16-14(20)13(19)15(23-16)11-8-10-6-4-5-7-12(10)17-9-11/h4-9,19-20H,3H2,1-2H3. The molecule has 0 bridgehead atoms. The van der Waals surface area contributed by atoms with Gasteiger partial charge in [-0.15, -0.1) is 0 Å². The molecular formula is C16H16N2O5S. The van der Waals surface area contributed by atoms with E-state index < -0.39 is 21.5 Å². The van der Waals surface area contributed by atoms with Crippen LogP contribution in [0.1, 0.15) is 6.92 Å². The molecule has 0 spiro atoms. The summed E-state index contributed by atoms with van der Waals surface area (Å²) in [6, 6.07) is 9.12. The molecular weight excluding hydrogens is 332 g/mol. The van der Waals surface area contributed by atoms with Gasteiger partial charge in [-0.1, -0.05) is 18.2 Å². The first-order valence-corrected chi connectivity index (χ1v) is 8.82. The number of pyridine rings is 1. The van der Waals surface area contributed by atoms with E-state index in [-0.39, 0.29) is 17.4 Å². The number of hydrogen-bond acceptors (Lipinski definition) is 6. The van der Waals surface area contributed by atoms with Crippen LogP contribution < -0.4 is 4.31 Å². The molecule has 0 atom stereocenters. The van der Waals surface area contributed by atoms with Crippen LogP contribution in [0.5, 0.6) is 11.5 Å². The molecule has 0 unspecified atom stereocenters. The number of para-hydroxylation sites is 1. The first-order valence-electron chi connectivity index (χ1n) is 7.21. The highest BCUT2D eigenvalue weighted by atomic mass is 32.2. The van der Waals surface area contributed by atoms with Gasteiger partial charge in [-0.2, -0.15) is 0 Å². The zero-order valence-corrected chi connectivity index (χ0v) is 13.9. The van der Waals surface area contributed by atoms with Crippen LogP contribution in [-0.2, 0) is 10.0 Å². The molecule has 0 saturated carbocycles. The Balaban J connectivity index is 2.13. The summed E-state index contributed by atoms with van der Waals surface area (Å²) >= 11 is 0. The summed E-state index contributed by atoms with van der Waals surface area (Å²) in [5, 5.41) is 21.0. The van der Waals surface area contributed by atoms with Crippen molar-refractivity contribution in [1.29, 1.82) is 0 Å². The van der Waals surface area contributed by atoms with Gasteiger partial charge >= 0.3 is 0 Å². The van der Waals surface area contributed by atoms with Crippen molar-refractivity contribution in [3.05, 3.63) is 36.5 Å². The van der Waals surface area contributed by atoms with Crippen molar-refractivity contribution >= 4 is 26.8 Å². The van der Waals surface area contributed by atoms with Gasteiger partial charge in [0.2, 0.25) is 21.5 Å². The summed E-state index contributed by atoms with van der Waals surface area (Å²) in [6.45, 7) is 1.47. The Morgan fingerprint density at radius 2 is 1.92 bits per heavy atom. The van der Waals surface area contributed by atoms with E-state index in [1.165, 1.54) is 20.2 Å². The summed E-state index contributed by atoms with van der Waals surface area (Å²) in [7, 11) is -2.39. The predicted molar refractivity (Wildman–Crippen MR) is 90.6 cm³/mol. The molecule has 0 aliphatic carbocycles. The van der Waals surface area contributed by atoms with E-state index >= 15 is 0 Å². The molecule has 3 rings (SSSR count). The van der Waals surface area contributed by atoms with Crippen molar-refractivity contribution in [2.24, 2.45) is 0 Å². The second-order valence-corrected chi connectivity index (χ2v) is 7.51. The highest BCUT2D eigenvalue weighted by molar-refractivity contribution is 7.92. The molecule has 3 aromatic rings. The Morgan fingerprint density at radius 3 is 2.62 bits per heavy atom. The van der Waals surface area contributed by atoms with Crippen molar-refractivity contribution in [3.63, 3.8) is 0 Å². The van der Waals surface area contributed by atoms with Gasteiger partial charge in [0, 0.05) is 24.2 Å². The summed E-state index contributed by atoms with van der Waals surface area (Å²) in [5.74, 6) is -1.70. The van der Waals surface area contributed by atoms with Gasteiger partial charge in [-0.05, 0) is 19.1 Å². The van der Waals surface area contributed by atoms with Gasteiger partial charge in [-0.25, -0.2) is 12.7 Å². The average Bonchev–Trinajstić information content (AvgIpc) is 2.89. The van der Waals surface area contributed by atoms with Crippen LogP contribution in [0.2, 0.25) is 0 Å². The lowest BCUT2D eigenvalue weighted by Crippen LogP contribution is -2.27. The van der Waals surface area contributed by atoms with E-state index in [1.54, 1.807) is 6.07 Å². The predicted octanol–water partition coefficient (Wildman–Crippen LogP) is 2.69. The molecule has 2 N–H and O–H groups in total. The Kier molecular flexibility index (Phi) is 3.84. The molecule has 0 amide bonds. The van der Waals surface area contributed by atoms with Crippen molar-refractivity contribution in [2.75, 3.05) is 17.1 Å². The fourth-order valence-corrected chi connectivity index (χ4v) is 3.09. The topological polar surface area (TPSA) is 104 Å². The average molecular weight is 348 g/mol. The molecule has 2 aromatic heterocycles. The molecule has 126 valence electrons. The third kappa shape index (κ3) is 2.54. The summed E-state index contributed by atoms with van der Waals surface area (Å²) in [6.07, 6.45) is 1.48. The Hall–Kier alpha value is -2.74. The second kappa shape index (κ2) is 5.72. The third-order valence-electron chi connectivity index (χ3n) is 3.76. The molecule has 8 heteroatoms. The SMILES string of the molecule is CCS(=O)(=O)N(C)c1oc(-c2cnc3ccccc3c2)c(O)c1O. The number of sulfonamides is 1. The minimum Gasteiger partial charge on any atom is -0.502 e. The van der Waals surface area contributed by atoms with Gasteiger partial charge < -0.3 is 14.6 Å². The van der Waals surface area contributed by atoms with Crippen LogP contribution in [0.15, 0.2) is 40.9 Å². The largest absolute Gasteiger partial charge is 0.502 e. The third-order valence-corrected chi connectivity index (χ3v) is 5.49. The molecule has 0 radical (unpaired) electrons. The number of rotatable bonds is 4. The Morgan fingerprint density at radius 1 is 1.21 bits per heavy atom. The highest BCUT2D eigenvalue weighted by Gasteiger charge is 2.28. The number of anilines is 1. The van der Waals surface area contributed by atoms with E-state index in [4.69, 9.17) is 4.42 Å². The van der Waals surface area contributed by atoms with Crippen molar-refractivity contribution in [1.82, 2.24) is 4.98 Å². The molecule has 0 fully saturated rings. The number of aromatic nitrogens is 1. The quantitative estimate of drug-likeness (QED) is 0.751. The molecule has 0 aliphatic heterocycles. The van der Waals surface area contributed by atoms with Crippen molar-refractivity contribution in [3.8, 4) is 22.8 Å². The maximum atomic E-state index is 11.9. The maximum absolute atomic E-state index is 11.9. The fraction of sp³-hybridized carbons (Fsp3) is 0.188. The van der Waals surface area contributed by atoms with E-state index in [2.05, 4.69) is 4.98 Å². The first kappa shape index (κ1) is 16.1. The van der Waals surface area contributed by atoms with E-state index in [0.29, 0.717) is 5.56 Å². The fourth-order valence-electron chi connectivity index (χ4n) is 2.33. The number of benzene rings is 1. The zero-order chi connectivity index (χ0) is 17.5. The Labute approximate surface area is 138 Å². The molecule has 1 aromatic carbocycles. The summed E-state index contributed by atoms with van der Waals surface area (Å²) < 4.78 is 30.1. The number of aromatic hydroxyl groups is 2. The van der Waals surface area contributed by atoms with Gasteiger partial charge in [0.15, 0.2) is 5.76 Å².